The molecule has 0 aliphatic carbocycles. The highest BCUT2D eigenvalue weighted by atomic mass is 35.5. The van der Waals surface area contributed by atoms with E-state index in [2.05, 4.69) is 12.2 Å². The predicted octanol–water partition coefficient (Wildman–Crippen LogP) is 3.71. The number of furan rings is 1. The summed E-state index contributed by atoms with van der Waals surface area (Å²) in [5, 5.41) is 4.43. The third kappa shape index (κ3) is 2.25. The van der Waals surface area contributed by atoms with Gasteiger partial charge < -0.3 is 9.73 Å². The van der Waals surface area contributed by atoms with Gasteiger partial charge in [-0.2, -0.15) is 0 Å². The molecule has 18 heavy (non-hydrogen) atoms. The maximum atomic E-state index is 13.6. The fraction of sp³-hybridized carbons (Fsp3) is 0.429. The summed E-state index contributed by atoms with van der Waals surface area (Å²) in [7, 11) is 0. The van der Waals surface area contributed by atoms with Gasteiger partial charge in [-0.15, -0.1) is 12.4 Å². The summed E-state index contributed by atoms with van der Waals surface area (Å²) >= 11 is 0. The van der Waals surface area contributed by atoms with Crippen LogP contribution in [0.2, 0.25) is 0 Å². The van der Waals surface area contributed by atoms with Crippen molar-refractivity contribution in [3.63, 3.8) is 0 Å². The fourth-order valence-electron chi connectivity index (χ4n) is 2.85. The third-order valence-corrected chi connectivity index (χ3v) is 3.75. The number of piperidine rings is 1. The Kier molecular flexibility index (Phi) is 3.93. The standard InChI is InChI=1S/C14H16FNO.ClH/c1-9-8-16-4-2-11(9)13-6-10(15)7-14-12(13)3-5-17-14;/h3,5-7,9,11,16H,2,4,8H2,1H3;1H. The smallest absolute Gasteiger partial charge is 0.137 e. The molecular formula is C14H17ClFNO. The van der Waals surface area contributed by atoms with Gasteiger partial charge in [0, 0.05) is 11.5 Å². The minimum atomic E-state index is -0.201. The van der Waals surface area contributed by atoms with Crippen molar-refractivity contribution in [2.45, 2.75) is 19.3 Å². The van der Waals surface area contributed by atoms with E-state index in [1.807, 2.05) is 6.07 Å². The molecule has 0 amide bonds. The molecule has 0 spiro atoms. The molecular weight excluding hydrogens is 253 g/mol. The first-order valence-electron chi connectivity index (χ1n) is 6.13. The number of nitrogens with one attached hydrogen (secondary N) is 1. The summed E-state index contributed by atoms with van der Waals surface area (Å²) in [5.41, 5.74) is 1.76. The molecule has 2 unspecified atom stereocenters. The van der Waals surface area contributed by atoms with Crippen molar-refractivity contribution in [3.8, 4) is 0 Å². The highest BCUT2D eigenvalue weighted by Crippen LogP contribution is 2.35. The Morgan fingerprint density at radius 2 is 2.22 bits per heavy atom. The van der Waals surface area contributed by atoms with Crippen molar-refractivity contribution in [1.82, 2.24) is 5.32 Å². The van der Waals surface area contributed by atoms with Gasteiger partial charge in [0.05, 0.1) is 6.26 Å². The van der Waals surface area contributed by atoms with Gasteiger partial charge in [0.15, 0.2) is 0 Å². The Morgan fingerprint density at radius 1 is 1.39 bits per heavy atom. The zero-order valence-electron chi connectivity index (χ0n) is 10.3. The molecule has 0 radical (unpaired) electrons. The lowest BCUT2D eigenvalue weighted by Crippen LogP contribution is -2.33. The number of hydrogen-bond acceptors (Lipinski definition) is 2. The molecule has 4 heteroatoms. The lowest BCUT2D eigenvalue weighted by atomic mass is 9.81. The van der Waals surface area contributed by atoms with Gasteiger partial charge in [-0.05, 0) is 49.0 Å². The van der Waals surface area contributed by atoms with Crippen molar-refractivity contribution < 1.29 is 8.81 Å². The number of fused-ring (bicyclic) bond motifs is 1. The molecule has 98 valence electrons. The number of rotatable bonds is 1. The molecule has 2 heterocycles. The molecule has 1 aromatic heterocycles. The molecule has 0 bridgehead atoms. The van der Waals surface area contributed by atoms with Gasteiger partial charge in [0.2, 0.25) is 0 Å². The van der Waals surface area contributed by atoms with Crippen molar-refractivity contribution in [2.75, 3.05) is 13.1 Å². The third-order valence-electron chi connectivity index (χ3n) is 3.75. The van der Waals surface area contributed by atoms with E-state index in [9.17, 15) is 4.39 Å². The summed E-state index contributed by atoms with van der Waals surface area (Å²) in [6.45, 7) is 4.22. The molecule has 1 aliphatic rings. The maximum absolute atomic E-state index is 13.6. The number of hydrogen-bond donors (Lipinski definition) is 1. The highest BCUT2D eigenvalue weighted by molar-refractivity contribution is 5.85. The van der Waals surface area contributed by atoms with E-state index >= 15 is 0 Å². The predicted molar refractivity (Wildman–Crippen MR) is 72.8 cm³/mol. The lowest BCUT2D eigenvalue weighted by molar-refractivity contribution is 0.350. The van der Waals surface area contributed by atoms with Gasteiger partial charge in [0.25, 0.3) is 0 Å². The lowest BCUT2D eigenvalue weighted by Gasteiger charge is -2.30. The molecule has 2 atom stereocenters. The molecule has 3 rings (SSSR count). The van der Waals surface area contributed by atoms with Crippen LogP contribution in [0.3, 0.4) is 0 Å². The van der Waals surface area contributed by atoms with Crippen LogP contribution in [-0.2, 0) is 0 Å². The van der Waals surface area contributed by atoms with E-state index in [4.69, 9.17) is 4.42 Å². The Hall–Kier alpha value is -1.06. The van der Waals surface area contributed by atoms with Crippen LogP contribution < -0.4 is 5.32 Å². The van der Waals surface area contributed by atoms with Crippen LogP contribution in [0.1, 0.15) is 24.8 Å². The molecule has 1 N–H and O–H groups in total. The topological polar surface area (TPSA) is 25.2 Å². The van der Waals surface area contributed by atoms with Crippen LogP contribution in [0.15, 0.2) is 28.9 Å². The second-order valence-electron chi connectivity index (χ2n) is 4.90. The second-order valence-corrected chi connectivity index (χ2v) is 4.90. The fourth-order valence-corrected chi connectivity index (χ4v) is 2.85. The van der Waals surface area contributed by atoms with Gasteiger partial charge in [-0.3, -0.25) is 0 Å². The van der Waals surface area contributed by atoms with Crippen LogP contribution in [0.25, 0.3) is 11.0 Å². The first kappa shape index (κ1) is 13.4. The van der Waals surface area contributed by atoms with Crippen LogP contribution >= 0.6 is 12.4 Å². The average Bonchev–Trinajstić information content (AvgIpc) is 2.76. The second kappa shape index (κ2) is 5.29. The molecule has 2 aromatic rings. The van der Waals surface area contributed by atoms with E-state index in [-0.39, 0.29) is 18.2 Å². The van der Waals surface area contributed by atoms with E-state index in [0.717, 1.165) is 30.5 Å². The average molecular weight is 270 g/mol. The van der Waals surface area contributed by atoms with E-state index in [1.165, 1.54) is 6.07 Å². The van der Waals surface area contributed by atoms with E-state index in [0.29, 0.717) is 17.4 Å². The first-order valence-corrected chi connectivity index (χ1v) is 6.13. The number of benzene rings is 1. The van der Waals surface area contributed by atoms with Crippen LogP contribution in [-0.4, -0.2) is 13.1 Å². The monoisotopic (exact) mass is 269 g/mol. The van der Waals surface area contributed by atoms with Crippen molar-refractivity contribution in [1.29, 1.82) is 0 Å². The van der Waals surface area contributed by atoms with E-state index in [1.54, 1.807) is 12.3 Å². The van der Waals surface area contributed by atoms with Gasteiger partial charge >= 0.3 is 0 Å². The first-order chi connectivity index (χ1) is 8.25. The largest absolute Gasteiger partial charge is 0.464 e. The summed E-state index contributed by atoms with van der Waals surface area (Å²) < 4.78 is 18.9. The van der Waals surface area contributed by atoms with Gasteiger partial charge in [-0.25, -0.2) is 4.39 Å². The molecule has 1 aliphatic heterocycles. The zero-order chi connectivity index (χ0) is 11.8. The van der Waals surface area contributed by atoms with Crippen LogP contribution in [0.4, 0.5) is 4.39 Å². The van der Waals surface area contributed by atoms with Gasteiger partial charge in [-0.1, -0.05) is 6.92 Å². The Labute approximate surface area is 112 Å². The quantitative estimate of drug-likeness (QED) is 0.854. The van der Waals surface area contributed by atoms with E-state index < -0.39 is 0 Å². The Morgan fingerprint density at radius 3 is 3.00 bits per heavy atom. The Balaban J connectivity index is 0.00000120. The SMILES string of the molecule is CC1CNCCC1c1cc(F)cc2occc12.Cl. The summed E-state index contributed by atoms with van der Waals surface area (Å²) in [4.78, 5) is 0. The van der Waals surface area contributed by atoms with Crippen molar-refractivity contribution in [3.05, 3.63) is 35.8 Å². The van der Waals surface area contributed by atoms with Crippen molar-refractivity contribution in [2.24, 2.45) is 5.92 Å². The highest BCUT2D eigenvalue weighted by Gasteiger charge is 2.25. The zero-order valence-corrected chi connectivity index (χ0v) is 11.1. The van der Waals surface area contributed by atoms with Crippen LogP contribution in [0.5, 0.6) is 0 Å². The molecule has 0 saturated carbocycles. The number of halogens is 2. The summed E-state index contributed by atoms with van der Waals surface area (Å²) in [5.74, 6) is 0.754. The van der Waals surface area contributed by atoms with Crippen molar-refractivity contribution >= 4 is 23.4 Å². The summed E-state index contributed by atoms with van der Waals surface area (Å²) in [6.07, 6.45) is 2.70. The molecule has 2 nitrogen and oxygen atoms in total. The Bertz CT molecular complexity index is 540. The minimum absolute atomic E-state index is 0. The molecule has 1 saturated heterocycles. The summed E-state index contributed by atoms with van der Waals surface area (Å²) in [6, 6.07) is 5.08. The molecule has 1 aromatic carbocycles. The minimum Gasteiger partial charge on any atom is -0.464 e. The van der Waals surface area contributed by atoms with Crippen LogP contribution in [0, 0.1) is 11.7 Å². The van der Waals surface area contributed by atoms with Gasteiger partial charge in [0.1, 0.15) is 11.4 Å². The molecule has 1 fully saturated rings. The normalized spacial score (nSPS) is 23.9. The maximum Gasteiger partial charge on any atom is 0.137 e.